The van der Waals surface area contributed by atoms with Crippen LogP contribution >= 0.6 is 0 Å². The molecule has 9 heteroatoms. The second kappa shape index (κ2) is 14.8. The zero-order chi connectivity index (χ0) is 27.2. The third-order valence-electron chi connectivity index (χ3n) is 5.72. The van der Waals surface area contributed by atoms with E-state index in [9.17, 15) is 14.4 Å². The Morgan fingerprint density at radius 3 is 1.89 bits per heavy atom. The highest BCUT2D eigenvalue weighted by molar-refractivity contribution is 6.28. The smallest absolute Gasteiger partial charge is 0.408 e. The first-order chi connectivity index (χ1) is 18.5. The number of ether oxygens (including phenoxy) is 2. The first-order valence-electron chi connectivity index (χ1n) is 12.1. The molecule has 0 saturated heterocycles. The van der Waals surface area contributed by atoms with E-state index in [0.717, 1.165) is 16.7 Å². The van der Waals surface area contributed by atoms with Gasteiger partial charge in [0, 0.05) is 6.42 Å². The van der Waals surface area contributed by atoms with Crippen LogP contribution in [0.5, 0.6) is 0 Å². The van der Waals surface area contributed by atoms with Crippen LogP contribution in [-0.4, -0.2) is 47.0 Å². The van der Waals surface area contributed by atoms with Gasteiger partial charge in [0.2, 0.25) is 5.91 Å². The maximum absolute atomic E-state index is 13.4. The van der Waals surface area contributed by atoms with Crippen LogP contribution in [0.3, 0.4) is 0 Å². The molecule has 0 aromatic heterocycles. The summed E-state index contributed by atoms with van der Waals surface area (Å²) in [5.41, 5.74) is 11.4. The number of carbonyl (C=O) groups excluding carboxylic acids is 3. The molecule has 0 aliphatic carbocycles. The molecule has 0 aliphatic heterocycles. The van der Waals surface area contributed by atoms with E-state index in [2.05, 4.69) is 15.4 Å². The van der Waals surface area contributed by atoms with Gasteiger partial charge in [0.05, 0.1) is 12.7 Å². The number of Topliss-reactive ketones (excluding diaryl/α,β-unsaturated/α-hetero) is 1. The van der Waals surface area contributed by atoms with E-state index in [-0.39, 0.29) is 19.6 Å². The van der Waals surface area contributed by atoms with Crippen molar-refractivity contribution in [3.8, 4) is 0 Å². The predicted octanol–water partition coefficient (Wildman–Crippen LogP) is 3.48. The predicted molar refractivity (Wildman–Crippen MR) is 141 cm³/mol. The lowest BCUT2D eigenvalue weighted by molar-refractivity contribution is -0.130. The standard InChI is InChI=1S/C29H30N4O5/c1-21(37-19-23-13-7-3-8-14-23)27(26(34)18-31-30)33-28(35)25(17-22-11-5-2-6-12-22)32-29(36)38-20-24-15-9-4-10-16-24/h2-16,18,21,25,27H,17,19-20H2,1H3,(H,32,36)(H,33,35)/t21-,25+,27+/m1/s1. The van der Waals surface area contributed by atoms with Crippen molar-refractivity contribution in [1.29, 1.82) is 0 Å². The minimum Gasteiger partial charge on any atom is -0.445 e. The number of amides is 2. The number of rotatable bonds is 13. The molecule has 3 atom stereocenters. The molecule has 0 aliphatic rings. The summed E-state index contributed by atoms with van der Waals surface area (Å²) in [6.07, 6.45) is -0.687. The van der Waals surface area contributed by atoms with Crippen molar-refractivity contribution < 1.29 is 28.6 Å². The summed E-state index contributed by atoms with van der Waals surface area (Å²) in [7, 11) is 0. The first kappa shape index (κ1) is 28.0. The molecule has 0 fully saturated rings. The number of nitrogens with one attached hydrogen (secondary N) is 2. The summed E-state index contributed by atoms with van der Waals surface area (Å²) in [5, 5.41) is 5.25. The molecule has 3 rings (SSSR count). The number of benzene rings is 3. The Morgan fingerprint density at radius 2 is 1.34 bits per heavy atom. The minimum absolute atomic E-state index is 0.0325. The number of carbonyl (C=O) groups is 3. The van der Waals surface area contributed by atoms with Crippen molar-refractivity contribution in [3.05, 3.63) is 113 Å². The van der Waals surface area contributed by atoms with Gasteiger partial charge in [-0.2, -0.15) is 4.79 Å². The Hall–Kier alpha value is -4.59. The van der Waals surface area contributed by atoms with E-state index >= 15 is 0 Å². The molecule has 3 aromatic carbocycles. The second-order valence-corrected chi connectivity index (χ2v) is 8.58. The van der Waals surface area contributed by atoms with Crippen molar-refractivity contribution in [3.63, 3.8) is 0 Å². The average molecular weight is 515 g/mol. The van der Waals surface area contributed by atoms with Crippen LogP contribution in [0.4, 0.5) is 4.79 Å². The van der Waals surface area contributed by atoms with Gasteiger partial charge in [-0.3, -0.25) is 9.59 Å². The number of nitrogens with zero attached hydrogens (tertiary/aromatic N) is 2. The van der Waals surface area contributed by atoms with Gasteiger partial charge in [-0.15, -0.1) is 0 Å². The third kappa shape index (κ3) is 9.13. The summed E-state index contributed by atoms with van der Waals surface area (Å²) >= 11 is 0. The van der Waals surface area contributed by atoms with Crippen LogP contribution in [-0.2, 0) is 38.7 Å². The lowest BCUT2D eigenvalue weighted by Gasteiger charge is -2.25. The molecular formula is C29H30N4O5. The second-order valence-electron chi connectivity index (χ2n) is 8.58. The molecule has 196 valence electrons. The van der Waals surface area contributed by atoms with E-state index in [4.69, 9.17) is 15.0 Å². The van der Waals surface area contributed by atoms with Gasteiger partial charge in [0.15, 0.2) is 0 Å². The summed E-state index contributed by atoms with van der Waals surface area (Å²) in [4.78, 5) is 41.4. The van der Waals surface area contributed by atoms with Crippen molar-refractivity contribution in [1.82, 2.24) is 10.6 Å². The fraction of sp³-hybridized carbons (Fsp3) is 0.241. The molecule has 0 bridgehead atoms. The molecule has 0 spiro atoms. The summed E-state index contributed by atoms with van der Waals surface area (Å²) in [6.45, 7) is 1.87. The molecule has 2 N–H and O–H groups in total. The maximum atomic E-state index is 13.4. The van der Waals surface area contributed by atoms with Crippen molar-refractivity contribution >= 4 is 24.0 Å². The number of hydrogen-bond donors (Lipinski definition) is 2. The molecule has 0 radical (unpaired) electrons. The van der Waals surface area contributed by atoms with E-state index < -0.39 is 36.0 Å². The first-order valence-corrected chi connectivity index (χ1v) is 12.1. The summed E-state index contributed by atoms with van der Waals surface area (Å²) in [6, 6.07) is 25.4. The van der Waals surface area contributed by atoms with Crippen LogP contribution in [0.15, 0.2) is 91.0 Å². The van der Waals surface area contributed by atoms with Gasteiger partial charge in [-0.25, -0.2) is 4.79 Å². The van der Waals surface area contributed by atoms with Gasteiger partial charge >= 0.3 is 12.3 Å². The Labute approximate surface area is 221 Å². The zero-order valence-corrected chi connectivity index (χ0v) is 21.0. The Bertz CT molecular complexity index is 1230. The van der Waals surface area contributed by atoms with Gasteiger partial charge in [0.1, 0.15) is 18.7 Å². The summed E-state index contributed by atoms with van der Waals surface area (Å²) in [5.74, 6) is -1.28. The Morgan fingerprint density at radius 1 is 0.816 bits per heavy atom. The SMILES string of the molecule is C[C@@H](OCc1ccccc1)[C@H](NC(=O)[C@H](Cc1ccccc1)NC(=O)OCc1ccccc1)C(=O)C=[N+]=[N-]. The highest BCUT2D eigenvalue weighted by atomic mass is 16.5. The van der Waals surface area contributed by atoms with Crippen LogP contribution in [0.25, 0.3) is 5.53 Å². The molecule has 3 aromatic rings. The van der Waals surface area contributed by atoms with Crippen molar-refractivity contribution in [2.24, 2.45) is 0 Å². The molecule has 0 saturated carbocycles. The van der Waals surface area contributed by atoms with E-state index in [1.54, 1.807) is 6.92 Å². The van der Waals surface area contributed by atoms with Crippen LogP contribution in [0.2, 0.25) is 0 Å². The monoisotopic (exact) mass is 514 g/mol. The molecule has 38 heavy (non-hydrogen) atoms. The van der Waals surface area contributed by atoms with E-state index in [1.807, 2.05) is 91.0 Å². The van der Waals surface area contributed by atoms with E-state index in [0.29, 0.717) is 6.21 Å². The summed E-state index contributed by atoms with van der Waals surface area (Å²) < 4.78 is 11.1. The number of ketones is 1. The molecule has 0 unspecified atom stereocenters. The molecule has 9 nitrogen and oxygen atoms in total. The number of hydrogen-bond acceptors (Lipinski definition) is 5. The average Bonchev–Trinajstić information content (AvgIpc) is 2.95. The van der Waals surface area contributed by atoms with E-state index in [1.165, 1.54) is 0 Å². The highest BCUT2D eigenvalue weighted by Gasteiger charge is 2.32. The van der Waals surface area contributed by atoms with Gasteiger partial charge in [-0.1, -0.05) is 91.0 Å². The third-order valence-corrected chi connectivity index (χ3v) is 5.72. The van der Waals surface area contributed by atoms with Crippen molar-refractivity contribution in [2.45, 2.75) is 44.7 Å². The van der Waals surface area contributed by atoms with Gasteiger partial charge in [0.25, 0.3) is 5.78 Å². The number of alkyl carbamates (subject to hydrolysis) is 1. The largest absolute Gasteiger partial charge is 0.445 e. The van der Waals surface area contributed by atoms with Gasteiger partial charge < -0.3 is 25.6 Å². The van der Waals surface area contributed by atoms with Crippen LogP contribution < -0.4 is 10.6 Å². The highest BCUT2D eigenvalue weighted by Crippen LogP contribution is 2.09. The fourth-order valence-corrected chi connectivity index (χ4v) is 3.68. The topological polar surface area (TPSA) is 130 Å². The normalized spacial score (nSPS) is 12.8. The fourth-order valence-electron chi connectivity index (χ4n) is 3.68. The Kier molecular flexibility index (Phi) is 10.9. The van der Waals surface area contributed by atoms with Crippen LogP contribution in [0, 0.1) is 0 Å². The maximum Gasteiger partial charge on any atom is 0.408 e. The lowest BCUT2D eigenvalue weighted by atomic mass is 10.0. The zero-order valence-electron chi connectivity index (χ0n) is 21.0. The van der Waals surface area contributed by atoms with Crippen molar-refractivity contribution in [2.75, 3.05) is 0 Å². The minimum atomic E-state index is -1.16. The Balaban J connectivity index is 1.71. The molecule has 2 amide bonds. The van der Waals surface area contributed by atoms with Crippen LogP contribution in [0.1, 0.15) is 23.6 Å². The molecular weight excluding hydrogens is 484 g/mol. The molecule has 0 heterocycles. The lowest BCUT2D eigenvalue weighted by Crippen LogP contribution is -2.56. The quantitative estimate of drug-likeness (QED) is 0.205. The van der Waals surface area contributed by atoms with Gasteiger partial charge in [-0.05, 0) is 23.6 Å².